The van der Waals surface area contributed by atoms with Gasteiger partial charge in [0.2, 0.25) is 0 Å². The van der Waals surface area contributed by atoms with Crippen molar-refractivity contribution in [2.45, 2.75) is 34.1 Å². The summed E-state index contributed by atoms with van der Waals surface area (Å²) >= 11 is 0. The van der Waals surface area contributed by atoms with Crippen molar-refractivity contribution in [2.24, 2.45) is 0 Å². The predicted octanol–water partition coefficient (Wildman–Crippen LogP) is 4.00. The molecule has 0 aliphatic rings. The van der Waals surface area contributed by atoms with Crippen molar-refractivity contribution in [1.29, 1.82) is 0 Å². The minimum atomic E-state index is 0.0529. The molecule has 0 bridgehead atoms. The summed E-state index contributed by atoms with van der Waals surface area (Å²) in [5, 5.41) is 0. The van der Waals surface area contributed by atoms with Crippen LogP contribution < -0.4 is 0 Å². The van der Waals surface area contributed by atoms with Gasteiger partial charge in [-0.15, -0.1) is 0 Å². The topological polar surface area (TPSA) is 30.2 Å². The molecule has 94 valence electrons. The highest BCUT2D eigenvalue weighted by molar-refractivity contribution is 6.10. The number of rotatable bonds is 3. The predicted molar refractivity (Wildman–Crippen MR) is 72.2 cm³/mol. The van der Waals surface area contributed by atoms with Crippen LogP contribution in [0.4, 0.5) is 0 Å². The zero-order valence-electron chi connectivity index (χ0n) is 11.3. The molecule has 1 aromatic heterocycles. The molecule has 0 N–H and O–H groups in total. The molecule has 2 rings (SSSR count). The molecule has 0 aliphatic heterocycles. The van der Waals surface area contributed by atoms with Crippen LogP contribution in [-0.4, -0.2) is 5.78 Å². The summed E-state index contributed by atoms with van der Waals surface area (Å²) in [7, 11) is 0. The summed E-state index contributed by atoms with van der Waals surface area (Å²) in [5.74, 6) is 1.58. The third-order valence-electron chi connectivity index (χ3n) is 3.39. The Morgan fingerprint density at radius 1 is 1.17 bits per heavy atom. The summed E-state index contributed by atoms with van der Waals surface area (Å²) in [4.78, 5) is 12.5. The number of hydrogen-bond acceptors (Lipinski definition) is 2. The number of hydrogen-bond donors (Lipinski definition) is 0. The Morgan fingerprint density at radius 3 is 2.44 bits per heavy atom. The molecular formula is C16H18O2. The second-order valence-electron chi connectivity index (χ2n) is 4.60. The maximum Gasteiger partial charge on any atom is 0.196 e. The van der Waals surface area contributed by atoms with Gasteiger partial charge in [-0.2, -0.15) is 0 Å². The number of ketones is 1. The first kappa shape index (κ1) is 12.6. The normalized spacial score (nSPS) is 10.7. The molecule has 0 saturated carbocycles. The third kappa shape index (κ3) is 2.10. The summed E-state index contributed by atoms with van der Waals surface area (Å²) < 4.78 is 5.52. The molecule has 0 radical (unpaired) electrons. The number of carbonyl (C=O) groups is 1. The lowest BCUT2D eigenvalue weighted by atomic mass is 9.98. The van der Waals surface area contributed by atoms with Crippen LogP contribution in [-0.2, 0) is 6.42 Å². The second kappa shape index (κ2) is 4.81. The number of benzene rings is 1. The van der Waals surface area contributed by atoms with Crippen molar-refractivity contribution in [3.8, 4) is 0 Å². The first-order valence-corrected chi connectivity index (χ1v) is 6.24. The highest BCUT2D eigenvalue weighted by Crippen LogP contribution is 2.24. The molecule has 0 atom stereocenters. The van der Waals surface area contributed by atoms with E-state index in [9.17, 15) is 4.79 Å². The summed E-state index contributed by atoms with van der Waals surface area (Å²) in [6, 6.07) is 7.80. The van der Waals surface area contributed by atoms with Crippen LogP contribution in [0.3, 0.4) is 0 Å². The van der Waals surface area contributed by atoms with Gasteiger partial charge in [0.1, 0.15) is 11.5 Å². The van der Waals surface area contributed by atoms with Gasteiger partial charge in [0.05, 0.1) is 5.56 Å². The Hall–Kier alpha value is -1.83. The number of furan rings is 1. The Morgan fingerprint density at radius 2 is 1.89 bits per heavy atom. The van der Waals surface area contributed by atoms with Crippen molar-refractivity contribution in [2.75, 3.05) is 0 Å². The number of aryl methyl sites for hydroxylation is 3. The molecule has 2 nitrogen and oxygen atoms in total. The van der Waals surface area contributed by atoms with E-state index in [1.165, 1.54) is 5.56 Å². The van der Waals surface area contributed by atoms with Crippen molar-refractivity contribution >= 4 is 5.78 Å². The van der Waals surface area contributed by atoms with E-state index < -0.39 is 0 Å². The van der Waals surface area contributed by atoms with Crippen molar-refractivity contribution < 1.29 is 9.21 Å². The molecule has 0 aliphatic carbocycles. The molecule has 0 spiro atoms. The van der Waals surface area contributed by atoms with Crippen LogP contribution in [0.2, 0.25) is 0 Å². The average Bonchev–Trinajstić information content (AvgIpc) is 2.62. The fraction of sp³-hybridized carbons (Fsp3) is 0.312. The zero-order chi connectivity index (χ0) is 13.3. The quantitative estimate of drug-likeness (QED) is 0.761. The minimum absolute atomic E-state index is 0.0529. The van der Waals surface area contributed by atoms with E-state index in [4.69, 9.17) is 4.42 Å². The van der Waals surface area contributed by atoms with Gasteiger partial charge in [-0.25, -0.2) is 0 Å². The van der Waals surface area contributed by atoms with E-state index in [0.717, 1.165) is 23.3 Å². The van der Waals surface area contributed by atoms with Gasteiger partial charge in [0, 0.05) is 11.1 Å². The van der Waals surface area contributed by atoms with Crippen LogP contribution in [0.5, 0.6) is 0 Å². The van der Waals surface area contributed by atoms with Gasteiger partial charge in [-0.3, -0.25) is 4.79 Å². The van der Waals surface area contributed by atoms with Crippen LogP contribution >= 0.6 is 0 Å². The summed E-state index contributed by atoms with van der Waals surface area (Å²) in [6.07, 6.45) is 0.934. The molecule has 0 amide bonds. The maximum absolute atomic E-state index is 12.5. The van der Waals surface area contributed by atoms with E-state index in [-0.39, 0.29) is 5.78 Å². The van der Waals surface area contributed by atoms with Crippen molar-refractivity contribution in [1.82, 2.24) is 0 Å². The average molecular weight is 242 g/mol. The Labute approximate surface area is 108 Å². The van der Waals surface area contributed by atoms with Crippen LogP contribution in [0, 0.1) is 20.8 Å². The van der Waals surface area contributed by atoms with Gasteiger partial charge >= 0.3 is 0 Å². The zero-order valence-corrected chi connectivity index (χ0v) is 11.3. The second-order valence-corrected chi connectivity index (χ2v) is 4.60. The number of carbonyl (C=O) groups excluding carboxylic acids is 1. The van der Waals surface area contributed by atoms with E-state index in [1.54, 1.807) is 0 Å². The Kier molecular flexibility index (Phi) is 3.37. The van der Waals surface area contributed by atoms with Crippen LogP contribution in [0.15, 0.2) is 28.7 Å². The lowest BCUT2D eigenvalue weighted by molar-refractivity contribution is 0.103. The Bertz CT molecular complexity index is 591. The monoisotopic (exact) mass is 242 g/mol. The highest BCUT2D eigenvalue weighted by Gasteiger charge is 2.19. The van der Waals surface area contributed by atoms with Crippen LogP contribution in [0.25, 0.3) is 0 Å². The fourth-order valence-corrected chi connectivity index (χ4v) is 2.20. The lowest BCUT2D eigenvalue weighted by Gasteiger charge is -2.03. The first-order chi connectivity index (χ1) is 8.54. The van der Waals surface area contributed by atoms with Gasteiger partial charge in [-0.1, -0.05) is 25.1 Å². The molecule has 0 fully saturated rings. The van der Waals surface area contributed by atoms with E-state index in [1.807, 2.05) is 45.0 Å². The van der Waals surface area contributed by atoms with Crippen molar-refractivity contribution in [3.63, 3.8) is 0 Å². The molecule has 1 aromatic carbocycles. The molecule has 18 heavy (non-hydrogen) atoms. The lowest BCUT2D eigenvalue weighted by Crippen LogP contribution is -2.04. The SMILES string of the molecule is CCc1cccc(C(=O)c2c(C)oc(C)c2C)c1. The largest absolute Gasteiger partial charge is 0.466 e. The highest BCUT2D eigenvalue weighted by atomic mass is 16.3. The molecule has 2 heteroatoms. The van der Waals surface area contributed by atoms with Crippen LogP contribution in [0.1, 0.15) is 45.5 Å². The Balaban J connectivity index is 2.47. The van der Waals surface area contributed by atoms with E-state index >= 15 is 0 Å². The van der Waals surface area contributed by atoms with E-state index in [0.29, 0.717) is 11.3 Å². The van der Waals surface area contributed by atoms with E-state index in [2.05, 4.69) is 6.92 Å². The molecular weight excluding hydrogens is 224 g/mol. The van der Waals surface area contributed by atoms with Gasteiger partial charge in [0.25, 0.3) is 0 Å². The maximum atomic E-state index is 12.5. The van der Waals surface area contributed by atoms with Gasteiger partial charge in [0.15, 0.2) is 5.78 Å². The molecule has 0 unspecified atom stereocenters. The minimum Gasteiger partial charge on any atom is -0.466 e. The molecule has 0 saturated heterocycles. The standard InChI is InChI=1S/C16H18O2/c1-5-13-7-6-8-14(9-13)16(17)15-10(2)11(3)18-12(15)4/h6-9H,5H2,1-4H3. The molecule has 2 aromatic rings. The summed E-state index contributed by atoms with van der Waals surface area (Å²) in [5.41, 5.74) is 3.57. The first-order valence-electron chi connectivity index (χ1n) is 6.24. The third-order valence-corrected chi connectivity index (χ3v) is 3.39. The van der Waals surface area contributed by atoms with Gasteiger partial charge in [-0.05, 0) is 38.8 Å². The van der Waals surface area contributed by atoms with Crippen molar-refractivity contribution in [3.05, 3.63) is 58.0 Å². The summed E-state index contributed by atoms with van der Waals surface area (Å²) in [6.45, 7) is 7.75. The molecule has 1 heterocycles. The fourth-order valence-electron chi connectivity index (χ4n) is 2.20. The smallest absolute Gasteiger partial charge is 0.196 e. The van der Waals surface area contributed by atoms with Gasteiger partial charge < -0.3 is 4.42 Å².